The van der Waals surface area contributed by atoms with E-state index in [0.717, 1.165) is 24.9 Å². The Morgan fingerprint density at radius 1 is 1.40 bits per heavy atom. The van der Waals surface area contributed by atoms with Crippen LogP contribution in [0.3, 0.4) is 0 Å². The van der Waals surface area contributed by atoms with Gasteiger partial charge >= 0.3 is 0 Å². The zero-order valence-electron chi connectivity index (χ0n) is 10.3. The molecular weight excluding hydrogens is 184 g/mol. The molecule has 0 spiro atoms. The summed E-state index contributed by atoms with van der Waals surface area (Å²) in [6.07, 6.45) is 5.51. The zero-order chi connectivity index (χ0) is 11.3. The fourth-order valence-electron chi connectivity index (χ4n) is 2.37. The summed E-state index contributed by atoms with van der Waals surface area (Å²) in [4.78, 5) is 0. The van der Waals surface area contributed by atoms with Crippen molar-refractivity contribution in [2.45, 2.75) is 46.5 Å². The van der Waals surface area contributed by atoms with E-state index < -0.39 is 0 Å². The van der Waals surface area contributed by atoms with Crippen molar-refractivity contribution in [2.24, 2.45) is 17.3 Å². The average Bonchev–Trinajstić information content (AvgIpc) is 2.18. The first-order chi connectivity index (χ1) is 7.03. The first-order valence-electron chi connectivity index (χ1n) is 6.15. The molecule has 0 amide bonds. The SMILES string of the molecule is CC1CCCC(CNCC(C)(C)C#N)C1. The largest absolute Gasteiger partial charge is 0.315 e. The van der Waals surface area contributed by atoms with Gasteiger partial charge in [-0.3, -0.25) is 0 Å². The molecule has 2 atom stereocenters. The maximum atomic E-state index is 8.88. The van der Waals surface area contributed by atoms with Crippen LogP contribution in [0.5, 0.6) is 0 Å². The predicted molar refractivity (Wildman–Crippen MR) is 63.4 cm³/mol. The van der Waals surface area contributed by atoms with Gasteiger partial charge in [-0.2, -0.15) is 5.26 Å². The predicted octanol–water partition coefficient (Wildman–Crippen LogP) is 2.95. The molecule has 0 bridgehead atoms. The molecular formula is C13H24N2. The van der Waals surface area contributed by atoms with E-state index in [-0.39, 0.29) is 5.41 Å². The lowest BCUT2D eigenvalue weighted by Gasteiger charge is -2.27. The van der Waals surface area contributed by atoms with Gasteiger partial charge in [-0.05, 0) is 45.1 Å². The van der Waals surface area contributed by atoms with Crippen molar-refractivity contribution in [1.82, 2.24) is 5.32 Å². The Labute approximate surface area is 94.1 Å². The van der Waals surface area contributed by atoms with Crippen molar-refractivity contribution < 1.29 is 0 Å². The second-order valence-electron chi connectivity index (χ2n) is 5.76. The van der Waals surface area contributed by atoms with E-state index in [1.807, 2.05) is 13.8 Å². The number of nitrogens with zero attached hydrogens (tertiary/aromatic N) is 1. The highest BCUT2D eigenvalue weighted by Gasteiger charge is 2.20. The van der Waals surface area contributed by atoms with Crippen LogP contribution in [0, 0.1) is 28.6 Å². The second kappa shape index (κ2) is 5.51. The van der Waals surface area contributed by atoms with Crippen LogP contribution in [0.15, 0.2) is 0 Å². The molecule has 0 aromatic heterocycles. The zero-order valence-corrected chi connectivity index (χ0v) is 10.3. The van der Waals surface area contributed by atoms with Gasteiger partial charge in [0.25, 0.3) is 0 Å². The molecule has 1 fully saturated rings. The normalized spacial score (nSPS) is 27.3. The number of hydrogen-bond acceptors (Lipinski definition) is 2. The molecule has 1 N–H and O–H groups in total. The van der Waals surface area contributed by atoms with Gasteiger partial charge in [0.15, 0.2) is 0 Å². The van der Waals surface area contributed by atoms with Crippen LogP contribution < -0.4 is 5.32 Å². The van der Waals surface area contributed by atoms with Crippen molar-refractivity contribution in [3.63, 3.8) is 0 Å². The summed E-state index contributed by atoms with van der Waals surface area (Å²) >= 11 is 0. The molecule has 2 heteroatoms. The quantitative estimate of drug-likeness (QED) is 0.771. The first-order valence-corrected chi connectivity index (χ1v) is 6.15. The van der Waals surface area contributed by atoms with E-state index in [0.29, 0.717) is 0 Å². The monoisotopic (exact) mass is 208 g/mol. The van der Waals surface area contributed by atoms with Gasteiger partial charge in [-0.25, -0.2) is 0 Å². The molecule has 0 aromatic rings. The van der Waals surface area contributed by atoms with E-state index in [1.165, 1.54) is 25.7 Å². The van der Waals surface area contributed by atoms with Crippen LogP contribution in [0.2, 0.25) is 0 Å². The molecule has 0 radical (unpaired) electrons. The number of rotatable bonds is 4. The molecule has 1 aliphatic rings. The third-order valence-electron chi connectivity index (χ3n) is 3.35. The number of nitrogens with one attached hydrogen (secondary N) is 1. The minimum Gasteiger partial charge on any atom is -0.315 e. The lowest BCUT2D eigenvalue weighted by molar-refractivity contribution is 0.268. The highest BCUT2D eigenvalue weighted by atomic mass is 14.9. The molecule has 1 aliphatic carbocycles. The van der Waals surface area contributed by atoms with Crippen molar-refractivity contribution in [2.75, 3.05) is 13.1 Å². The van der Waals surface area contributed by atoms with Crippen molar-refractivity contribution in [1.29, 1.82) is 5.26 Å². The molecule has 15 heavy (non-hydrogen) atoms. The van der Waals surface area contributed by atoms with Crippen LogP contribution in [0.1, 0.15) is 46.5 Å². The van der Waals surface area contributed by atoms with Crippen LogP contribution in [-0.4, -0.2) is 13.1 Å². The van der Waals surface area contributed by atoms with Crippen LogP contribution in [0.25, 0.3) is 0 Å². The third kappa shape index (κ3) is 4.66. The Hall–Kier alpha value is -0.550. The molecule has 2 nitrogen and oxygen atoms in total. The molecule has 0 aliphatic heterocycles. The maximum Gasteiger partial charge on any atom is 0.0697 e. The lowest BCUT2D eigenvalue weighted by atomic mass is 9.82. The summed E-state index contributed by atoms with van der Waals surface area (Å²) in [5.41, 5.74) is -0.222. The van der Waals surface area contributed by atoms with Crippen LogP contribution in [0.4, 0.5) is 0 Å². The molecule has 0 heterocycles. The summed E-state index contributed by atoms with van der Waals surface area (Å²) in [6.45, 7) is 8.24. The molecule has 2 unspecified atom stereocenters. The molecule has 86 valence electrons. The number of hydrogen-bond donors (Lipinski definition) is 1. The van der Waals surface area contributed by atoms with Gasteiger partial charge in [-0.1, -0.05) is 19.8 Å². The Morgan fingerprint density at radius 3 is 2.73 bits per heavy atom. The molecule has 0 saturated heterocycles. The van der Waals surface area contributed by atoms with Crippen LogP contribution >= 0.6 is 0 Å². The first kappa shape index (κ1) is 12.5. The molecule has 1 saturated carbocycles. The summed E-state index contributed by atoms with van der Waals surface area (Å²) in [6, 6.07) is 2.33. The fourth-order valence-corrected chi connectivity index (χ4v) is 2.37. The standard InChI is InChI=1S/C13H24N2/c1-11-5-4-6-12(7-11)8-15-10-13(2,3)9-14/h11-12,15H,4-8,10H2,1-3H3. The van der Waals surface area contributed by atoms with Gasteiger partial charge in [0.1, 0.15) is 0 Å². The minimum atomic E-state index is -0.222. The Kier molecular flexibility index (Phi) is 4.60. The molecule has 1 rings (SSSR count). The topological polar surface area (TPSA) is 35.8 Å². The summed E-state index contributed by atoms with van der Waals surface area (Å²) < 4.78 is 0. The van der Waals surface area contributed by atoms with Gasteiger partial charge in [0, 0.05) is 6.54 Å². The van der Waals surface area contributed by atoms with E-state index >= 15 is 0 Å². The highest BCUT2D eigenvalue weighted by molar-refractivity contribution is 4.93. The van der Waals surface area contributed by atoms with Crippen molar-refractivity contribution in [3.8, 4) is 6.07 Å². The van der Waals surface area contributed by atoms with Gasteiger partial charge in [-0.15, -0.1) is 0 Å². The molecule has 0 aromatic carbocycles. The van der Waals surface area contributed by atoms with Crippen molar-refractivity contribution >= 4 is 0 Å². The summed E-state index contributed by atoms with van der Waals surface area (Å²) in [7, 11) is 0. The van der Waals surface area contributed by atoms with Crippen LogP contribution in [-0.2, 0) is 0 Å². The maximum absolute atomic E-state index is 8.88. The minimum absolute atomic E-state index is 0.222. The summed E-state index contributed by atoms with van der Waals surface area (Å²) in [5, 5.41) is 12.3. The van der Waals surface area contributed by atoms with E-state index in [4.69, 9.17) is 5.26 Å². The Balaban J connectivity index is 2.18. The van der Waals surface area contributed by atoms with Crippen molar-refractivity contribution in [3.05, 3.63) is 0 Å². The highest BCUT2D eigenvalue weighted by Crippen LogP contribution is 2.28. The number of nitriles is 1. The smallest absolute Gasteiger partial charge is 0.0697 e. The lowest BCUT2D eigenvalue weighted by Crippen LogP contribution is -2.33. The Bertz CT molecular complexity index is 227. The van der Waals surface area contributed by atoms with E-state index in [1.54, 1.807) is 0 Å². The van der Waals surface area contributed by atoms with E-state index in [2.05, 4.69) is 18.3 Å². The Morgan fingerprint density at radius 2 is 2.13 bits per heavy atom. The van der Waals surface area contributed by atoms with Gasteiger partial charge < -0.3 is 5.32 Å². The summed E-state index contributed by atoms with van der Waals surface area (Å²) in [5.74, 6) is 1.73. The van der Waals surface area contributed by atoms with E-state index in [9.17, 15) is 0 Å². The van der Waals surface area contributed by atoms with Gasteiger partial charge in [0.2, 0.25) is 0 Å². The average molecular weight is 208 g/mol. The van der Waals surface area contributed by atoms with Gasteiger partial charge in [0.05, 0.1) is 11.5 Å². The fraction of sp³-hybridized carbons (Fsp3) is 0.923. The second-order valence-corrected chi connectivity index (χ2v) is 5.76. The third-order valence-corrected chi connectivity index (χ3v) is 3.35.